The molecule has 1 aromatic carbocycles. The number of amides is 1. The van der Waals surface area contributed by atoms with Crippen molar-refractivity contribution in [2.24, 2.45) is 11.7 Å². The third kappa shape index (κ3) is 3.99. The van der Waals surface area contributed by atoms with Gasteiger partial charge in [-0.3, -0.25) is 9.48 Å². The fourth-order valence-electron chi connectivity index (χ4n) is 3.75. The number of hydrogen-bond donors (Lipinski definition) is 1. The molecule has 0 spiro atoms. The third-order valence-electron chi connectivity index (χ3n) is 5.17. The minimum absolute atomic E-state index is 0.0511. The van der Waals surface area contributed by atoms with Crippen LogP contribution in [-0.4, -0.2) is 38.9 Å². The molecule has 7 heteroatoms. The van der Waals surface area contributed by atoms with E-state index in [1.807, 2.05) is 47.0 Å². The average Bonchev–Trinajstić information content (AvgIpc) is 3.37. The Bertz CT molecular complexity index is 961. The number of nitrogens with zero attached hydrogens (tertiary/aromatic N) is 4. The molecule has 4 rings (SSSR count). The number of nitrogens with two attached hydrogens (primary N) is 1. The summed E-state index contributed by atoms with van der Waals surface area (Å²) in [5.74, 6) is 1.40. The van der Waals surface area contributed by atoms with Gasteiger partial charge in [0, 0.05) is 37.9 Å². The number of aromatic nitrogens is 3. The molecule has 1 amide bonds. The second kappa shape index (κ2) is 7.98. The van der Waals surface area contributed by atoms with Crippen LogP contribution in [0.5, 0.6) is 0 Å². The molecule has 0 radical (unpaired) electrons. The number of carbonyl (C=O) groups excluding carboxylic acids is 1. The van der Waals surface area contributed by atoms with Gasteiger partial charge < -0.3 is 15.1 Å². The van der Waals surface area contributed by atoms with Crippen molar-refractivity contribution in [2.45, 2.75) is 32.9 Å². The van der Waals surface area contributed by atoms with Crippen LogP contribution >= 0.6 is 0 Å². The van der Waals surface area contributed by atoms with Gasteiger partial charge in [0.25, 0.3) is 5.91 Å². The van der Waals surface area contributed by atoms with E-state index < -0.39 is 0 Å². The zero-order chi connectivity index (χ0) is 19.5. The van der Waals surface area contributed by atoms with Crippen molar-refractivity contribution >= 4 is 5.91 Å². The summed E-state index contributed by atoms with van der Waals surface area (Å²) in [4.78, 5) is 14.8. The fourth-order valence-corrected chi connectivity index (χ4v) is 3.75. The lowest BCUT2D eigenvalue weighted by atomic mass is 9.98. The maximum absolute atomic E-state index is 12.9. The van der Waals surface area contributed by atoms with E-state index in [9.17, 15) is 4.79 Å². The number of furan rings is 1. The van der Waals surface area contributed by atoms with E-state index >= 15 is 0 Å². The van der Waals surface area contributed by atoms with Crippen molar-refractivity contribution in [3.63, 3.8) is 0 Å². The van der Waals surface area contributed by atoms with Crippen LogP contribution in [0, 0.1) is 12.8 Å². The molecular formula is C21H25N5O2. The van der Waals surface area contributed by atoms with Gasteiger partial charge >= 0.3 is 0 Å². The Morgan fingerprint density at radius 1 is 1.32 bits per heavy atom. The standard InChI is InChI=1S/C21H25N5O2/c1-15-4-2-6-17(10-15)19-7-8-20(28-19)21(27)25-9-3-5-16(12-25)13-26-14-18(11-22)23-24-26/h2,4,6-8,10,14,16H,3,5,9,11-13,22H2,1H3. The molecule has 1 fully saturated rings. The van der Waals surface area contributed by atoms with Gasteiger partial charge in [-0.05, 0) is 43.9 Å². The Morgan fingerprint density at radius 2 is 2.21 bits per heavy atom. The number of carbonyl (C=O) groups is 1. The Labute approximate surface area is 164 Å². The first-order valence-corrected chi connectivity index (χ1v) is 9.67. The predicted molar refractivity (Wildman–Crippen MR) is 105 cm³/mol. The highest BCUT2D eigenvalue weighted by Crippen LogP contribution is 2.25. The van der Waals surface area contributed by atoms with E-state index in [0.29, 0.717) is 24.8 Å². The highest BCUT2D eigenvalue weighted by Gasteiger charge is 2.27. The molecule has 1 aliphatic heterocycles. The second-order valence-electron chi connectivity index (χ2n) is 7.43. The zero-order valence-electron chi connectivity index (χ0n) is 16.0. The van der Waals surface area contributed by atoms with Crippen LogP contribution in [0.2, 0.25) is 0 Å². The minimum Gasteiger partial charge on any atom is -0.451 e. The summed E-state index contributed by atoms with van der Waals surface area (Å²) in [5.41, 5.74) is 8.52. The van der Waals surface area contributed by atoms with Crippen LogP contribution in [-0.2, 0) is 13.1 Å². The number of rotatable bonds is 5. The molecule has 0 bridgehead atoms. The number of likely N-dealkylation sites (tertiary alicyclic amines) is 1. The maximum atomic E-state index is 12.9. The van der Waals surface area contributed by atoms with Crippen molar-refractivity contribution in [3.8, 4) is 11.3 Å². The first-order valence-electron chi connectivity index (χ1n) is 9.67. The van der Waals surface area contributed by atoms with E-state index in [1.165, 1.54) is 0 Å². The van der Waals surface area contributed by atoms with Gasteiger partial charge in [0.1, 0.15) is 5.76 Å². The van der Waals surface area contributed by atoms with E-state index in [0.717, 1.165) is 48.5 Å². The Hall–Kier alpha value is -2.93. The first-order chi connectivity index (χ1) is 13.6. The smallest absolute Gasteiger partial charge is 0.289 e. The third-order valence-corrected chi connectivity index (χ3v) is 5.17. The molecule has 0 saturated carbocycles. The van der Waals surface area contributed by atoms with Gasteiger partial charge in [-0.1, -0.05) is 29.0 Å². The van der Waals surface area contributed by atoms with Gasteiger partial charge in [0.05, 0.1) is 5.69 Å². The summed E-state index contributed by atoms with van der Waals surface area (Å²) in [6, 6.07) is 11.7. The number of aryl methyl sites for hydroxylation is 1. The van der Waals surface area contributed by atoms with Crippen molar-refractivity contribution in [3.05, 3.63) is 59.6 Å². The topological polar surface area (TPSA) is 90.2 Å². The van der Waals surface area contributed by atoms with Crippen molar-refractivity contribution in [1.82, 2.24) is 19.9 Å². The molecule has 7 nitrogen and oxygen atoms in total. The van der Waals surface area contributed by atoms with Crippen molar-refractivity contribution in [2.75, 3.05) is 13.1 Å². The minimum atomic E-state index is -0.0511. The Balaban J connectivity index is 1.43. The molecule has 3 aromatic rings. The maximum Gasteiger partial charge on any atom is 0.289 e. The average molecular weight is 379 g/mol. The second-order valence-corrected chi connectivity index (χ2v) is 7.43. The van der Waals surface area contributed by atoms with Crippen LogP contribution < -0.4 is 5.73 Å². The molecule has 2 N–H and O–H groups in total. The summed E-state index contributed by atoms with van der Waals surface area (Å²) in [6.07, 6.45) is 3.91. The van der Waals surface area contributed by atoms with Crippen molar-refractivity contribution in [1.29, 1.82) is 0 Å². The number of hydrogen-bond acceptors (Lipinski definition) is 5. The number of piperidine rings is 1. The molecule has 1 aliphatic rings. The molecule has 1 atom stereocenters. The first kappa shape index (κ1) is 18.4. The van der Waals surface area contributed by atoms with E-state index in [-0.39, 0.29) is 5.91 Å². The summed E-state index contributed by atoms with van der Waals surface area (Å²) in [7, 11) is 0. The quantitative estimate of drug-likeness (QED) is 0.736. The molecule has 1 saturated heterocycles. The molecule has 28 heavy (non-hydrogen) atoms. The van der Waals surface area contributed by atoms with Crippen LogP contribution in [0.3, 0.4) is 0 Å². The van der Waals surface area contributed by atoms with Gasteiger partial charge in [-0.15, -0.1) is 5.10 Å². The van der Waals surface area contributed by atoms with Gasteiger partial charge in [-0.25, -0.2) is 0 Å². The molecule has 2 aromatic heterocycles. The summed E-state index contributed by atoms with van der Waals surface area (Å²) in [5, 5.41) is 8.15. The molecular weight excluding hydrogens is 354 g/mol. The largest absolute Gasteiger partial charge is 0.451 e. The van der Waals surface area contributed by atoms with Crippen molar-refractivity contribution < 1.29 is 9.21 Å². The Morgan fingerprint density at radius 3 is 3.00 bits per heavy atom. The fraction of sp³-hybridized carbons (Fsp3) is 0.381. The normalized spacial score (nSPS) is 17.1. The van der Waals surface area contributed by atoms with Gasteiger partial charge in [-0.2, -0.15) is 0 Å². The highest BCUT2D eigenvalue weighted by atomic mass is 16.4. The van der Waals surface area contributed by atoms with Crippen LogP contribution in [0.15, 0.2) is 47.0 Å². The Kier molecular flexibility index (Phi) is 5.25. The summed E-state index contributed by atoms with van der Waals surface area (Å²) < 4.78 is 7.70. The molecule has 0 aliphatic carbocycles. The zero-order valence-corrected chi connectivity index (χ0v) is 16.0. The lowest BCUT2D eigenvalue weighted by molar-refractivity contribution is 0.0628. The lowest BCUT2D eigenvalue weighted by Crippen LogP contribution is -2.41. The predicted octanol–water partition coefficient (Wildman–Crippen LogP) is 2.86. The molecule has 3 heterocycles. The molecule has 146 valence electrons. The van der Waals surface area contributed by atoms with E-state index in [1.54, 1.807) is 6.07 Å². The SMILES string of the molecule is Cc1cccc(-c2ccc(C(=O)N3CCCC(Cn4cc(CN)nn4)C3)o2)c1. The summed E-state index contributed by atoms with van der Waals surface area (Å²) >= 11 is 0. The van der Waals surface area contributed by atoms with Gasteiger partial charge in [0.2, 0.25) is 0 Å². The monoisotopic (exact) mass is 379 g/mol. The summed E-state index contributed by atoms with van der Waals surface area (Å²) in [6.45, 7) is 4.61. The van der Waals surface area contributed by atoms with E-state index in [2.05, 4.69) is 16.4 Å². The van der Waals surface area contributed by atoms with E-state index in [4.69, 9.17) is 10.2 Å². The molecule has 1 unspecified atom stereocenters. The van der Waals surface area contributed by atoms with Gasteiger partial charge in [0.15, 0.2) is 5.76 Å². The van der Waals surface area contributed by atoms with Crippen LogP contribution in [0.4, 0.5) is 0 Å². The highest BCUT2D eigenvalue weighted by molar-refractivity contribution is 5.92. The van der Waals surface area contributed by atoms with Crippen LogP contribution in [0.25, 0.3) is 11.3 Å². The number of benzene rings is 1. The lowest BCUT2D eigenvalue weighted by Gasteiger charge is -2.32. The van der Waals surface area contributed by atoms with Crippen LogP contribution in [0.1, 0.15) is 34.7 Å².